The van der Waals surface area contributed by atoms with Crippen molar-refractivity contribution in [2.75, 3.05) is 14.2 Å². The molecule has 0 aliphatic heterocycles. The van der Waals surface area contributed by atoms with Crippen LogP contribution < -0.4 is 14.8 Å². The van der Waals surface area contributed by atoms with Crippen molar-refractivity contribution in [2.24, 2.45) is 0 Å². The van der Waals surface area contributed by atoms with Crippen LogP contribution in [0.2, 0.25) is 0 Å². The predicted molar refractivity (Wildman–Crippen MR) is 84.4 cm³/mol. The van der Waals surface area contributed by atoms with Crippen LogP contribution in [0.3, 0.4) is 0 Å². The third kappa shape index (κ3) is 3.78. The molecular formula is C16H17N3O5. The van der Waals surface area contributed by atoms with Gasteiger partial charge in [0.05, 0.1) is 32.7 Å². The van der Waals surface area contributed by atoms with Gasteiger partial charge < -0.3 is 19.9 Å². The minimum atomic E-state index is -1.20. The summed E-state index contributed by atoms with van der Waals surface area (Å²) in [5.74, 6) is -0.436. The molecule has 1 atom stereocenters. The van der Waals surface area contributed by atoms with Crippen molar-refractivity contribution >= 4 is 11.9 Å². The maximum atomic E-state index is 12.2. The maximum Gasteiger partial charge on any atom is 0.356 e. The van der Waals surface area contributed by atoms with E-state index in [1.165, 1.54) is 7.11 Å². The van der Waals surface area contributed by atoms with Crippen molar-refractivity contribution in [3.8, 4) is 11.5 Å². The number of hydrogen-bond donors (Lipinski definition) is 2. The average molecular weight is 331 g/mol. The molecular weight excluding hydrogens is 314 g/mol. The molecule has 0 bridgehead atoms. The second kappa shape index (κ2) is 7.40. The van der Waals surface area contributed by atoms with Gasteiger partial charge in [0, 0.05) is 5.56 Å². The zero-order chi connectivity index (χ0) is 17.7. The number of rotatable bonds is 6. The molecule has 1 unspecified atom stereocenters. The zero-order valence-corrected chi connectivity index (χ0v) is 13.4. The second-order valence-electron chi connectivity index (χ2n) is 4.90. The van der Waals surface area contributed by atoms with E-state index in [4.69, 9.17) is 14.6 Å². The second-order valence-corrected chi connectivity index (χ2v) is 4.90. The molecule has 0 saturated carbocycles. The molecule has 1 heterocycles. The number of nitrogens with one attached hydrogen (secondary N) is 1. The number of carbonyl (C=O) groups excluding carboxylic acids is 1. The number of amides is 1. The quantitative estimate of drug-likeness (QED) is 0.828. The highest BCUT2D eigenvalue weighted by Crippen LogP contribution is 2.29. The van der Waals surface area contributed by atoms with Gasteiger partial charge in [0.2, 0.25) is 0 Å². The van der Waals surface area contributed by atoms with Crippen molar-refractivity contribution in [2.45, 2.75) is 13.0 Å². The first-order valence-electron chi connectivity index (χ1n) is 7.04. The molecule has 8 nitrogen and oxygen atoms in total. The summed E-state index contributed by atoms with van der Waals surface area (Å²) in [6.45, 7) is 1.79. The first kappa shape index (κ1) is 17.2. The van der Waals surface area contributed by atoms with Gasteiger partial charge in [-0.3, -0.25) is 4.79 Å². The number of carboxylic acid groups (broad SMARTS) is 1. The fourth-order valence-electron chi connectivity index (χ4n) is 2.08. The van der Waals surface area contributed by atoms with E-state index in [0.29, 0.717) is 11.5 Å². The lowest BCUT2D eigenvalue weighted by Crippen LogP contribution is -2.28. The molecule has 1 aromatic carbocycles. The summed E-state index contributed by atoms with van der Waals surface area (Å²) in [6.07, 6.45) is 2.16. The molecule has 0 fully saturated rings. The number of benzene rings is 1. The maximum absolute atomic E-state index is 12.2. The van der Waals surface area contributed by atoms with E-state index in [1.54, 1.807) is 32.2 Å². The molecule has 2 N–H and O–H groups in total. The first-order valence-corrected chi connectivity index (χ1v) is 7.04. The summed E-state index contributed by atoms with van der Waals surface area (Å²) in [5, 5.41) is 11.5. The molecule has 1 amide bonds. The number of carbonyl (C=O) groups is 2. The predicted octanol–water partition coefficient (Wildman–Crippen LogP) is 1.68. The first-order chi connectivity index (χ1) is 11.5. The van der Waals surface area contributed by atoms with Crippen molar-refractivity contribution in [1.29, 1.82) is 0 Å². The molecule has 0 aliphatic carbocycles. The summed E-state index contributed by atoms with van der Waals surface area (Å²) in [5.41, 5.74) is 0.531. The Morgan fingerprint density at radius 3 is 2.33 bits per heavy atom. The summed E-state index contributed by atoms with van der Waals surface area (Å²) >= 11 is 0. The van der Waals surface area contributed by atoms with Gasteiger partial charge in [-0.1, -0.05) is 0 Å². The summed E-state index contributed by atoms with van der Waals surface area (Å²) in [4.78, 5) is 30.5. The lowest BCUT2D eigenvalue weighted by atomic mass is 10.1. The van der Waals surface area contributed by atoms with Gasteiger partial charge in [0.1, 0.15) is 17.2 Å². The highest BCUT2D eigenvalue weighted by atomic mass is 16.5. The van der Waals surface area contributed by atoms with Gasteiger partial charge in [-0.2, -0.15) is 0 Å². The fraction of sp³-hybridized carbons (Fsp3) is 0.250. The van der Waals surface area contributed by atoms with Crippen LogP contribution in [-0.2, 0) is 0 Å². The minimum absolute atomic E-state index is 0.0220. The summed E-state index contributed by atoms with van der Waals surface area (Å²) in [7, 11) is 3.09. The Morgan fingerprint density at radius 2 is 1.79 bits per heavy atom. The molecule has 0 radical (unpaired) electrons. The Kier molecular flexibility index (Phi) is 5.31. The summed E-state index contributed by atoms with van der Waals surface area (Å²) < 4.78 is 10.5. The van der Waals surface area contributed by atoms with E-state index < -0.39 is 11.9 Å². The number of methoxy groups -OCH3 is 2. The monoisotopic (exact) mass is 331 g/mol. The molecule has 2 aromatic rings. The van der Waals surface area contributed by atoms with Crippen LogP contribution in [0.4, 0.5) is 0 Å². The van der Waals surface area contributed by atoms with E-state index in [9.17, 15) is 9.59 Å². The standard InChI is InChI=1S/C16H17N3O5/c1-9(11-6-10(23-2)4-5-14(11)24-3)19-15(20)12-7-18-13(8-17-12)16(21)22/h4-9H,1-3H3,(H,19,20)(H,21,22). The molecule has 8 heteroatoms. The number of aromatic carboxylic acids is 1. The van der Waals surface area contributed by atoms with Gasteiger partial charge in [0.15, 0.2) is 5.69 Å². The zero-order valence-electron chi connectivity index (χ0n) is 13.4. The smallest absolute Gasteiger partial charge is 0.356 e. The van der Waals surface area contributed by atoms with Crippen LogP contribution in [0, 0.1) is 0 Å². The number of carboxylic acids is 1. The number of ether oxygens (including phenoxy) is 2. The van der Waals surface area contributed by atoms with E-state index in [-0.39, 0.29) is 17.4 Å². The van der Waals surface area contributed by atoms with Gasteiger partial charge in [-0.05, 0) is 25.1 Å². The Hall–Kier alpha value is -3.16. The van der Waals surface area contributed by atoms with Crippen LogP contribution in [0.5, 0.6) is 11.5 Å². The lowest BCUT2D eigenvalue weighted by Gasteiger charge is -2.18. The van der Waals surface area contributed by atoms with E-state index >= 15 is 0 Å². The molecule has 0 spiro atoms. The molecule has 0 saturated heterocycles. The largest absolute Gasteiger partial charge is 0.497 e. The normalized spacial score (nSPS) is 11.5. The summed E-state index contributed by atoms with van der Waals surface area (Å²) in [6, 6.07) is 4.89. The fourth-order valence-corrected chi connectivity index (χ4v) is 2.08. The molecule has 0 aliphatic rings. The van der Waals surface area contributed by atoms with Crippen molar-refractivity contribution in [3.05, 3.63) is 47.5 Å². The molecule has 126 valence electrons. The van der Waals surface area contributed by atoms with E-state index in [1.807, 2.05) is 0 Å². The SMILES string of the molecule is COc1ccc(OC)c(C(C)NC(=O)c2cnc(C(=O)O)cn2)c1. The van der Waals surface area contributed by atoms with E-state index in [0.717, 1.165) is 18.0 Å². The van der Waals surface area contributed by atoms with E-state index in [2.05, 4.69) is 15.3 Å². The van der Waals surface area contributed by atoms with Gasteiger partial charge in [-0.25, -0.2) is 14.8 Å². The van der Waals surface area contributed by atoms with Crippen LogP contribution in [0.1, 0.15) is 39.5 Å². The van der Waals surface area contributed by atoms with Gasteiger partial charge >= 0.3 is 5.97 Å². The minimum Gasteiger partial charge on any atom is -0.497 e. The molecule has 2 rings (SSSR count). The van der Waals surface area contributed by atoms with Gasteiger partial charge in [0.25, 0.3) is 5.91 Å². The third-order valence-corrected chi connectivity index (χ3v) is 3.35. The Labute approximate surface area is 138 Å². The van der Waals surface area contributed by atoms with Crippen molar-refractivity contribution in [3.63, 3.8) is 0 Å². The number of nitrogens with zero attached hydrogens (tertiary/aromatic N) is 2. The average Bonchev–Trinajstić information content (AvgIpc) is 2.60. The lowest BCUT2D eigenvalue weighted by molar-refractivity contribution is 0.0689. The Balaban J connectivity index is 2.18. The highest BCUT2D eigenvalue weighted by molar-refractivity contribution is 5.93. The Morgan fingerprint density at radius 1 is 1.12 bits per heavy atom. The third-order valence-electron chi connectivity index (χ3n) is 3.35. The van der Waals surface area contributed by atoms with Crippen molar-refractivity contribution in [1.82, 2.24) is 15.3 Å². The van der Waals surface area contributed by atoms with Crippen LogP contribution in [-0.4, -0.2) is 41.2 Å². The van der Waals surface area contributed by atoms with Crippen LogP contribution in [0.25, 0.3) is 0 Å². The number of aromatic nitrogens is 2. The van der Waals surface area contributed by atoms with Crippen LogP contribution >= 0.6 is 0 Å². The number of hydrogen-bond acceptors (Lipinski definition) is 6. The van der Waals surface area contributed by atoms with Crippen LogP contribution in [0.15, 0.2) is 30.6 Å². The molecule has 1 aromatic heterocycles. The topological polar surface area (TPSA) is 111 Å². The molecule has 24 heavy (non-hydrogen) atoms. The Bertz CT molecular complexity index is 746. The van der Waals surface area contributed by atoms with Crippen molar-refractivity contribution < 1.29 is 24.2 Å². The van der Waals surface area contributed by atoms with Gasteiger partial charge in [-0.15, -0.1) is 0 Å². The highest BCUT2D eigenvalue weighted by Gasteiger charge is 2.17.